The van der Waals surface area contributed by atoms with Crippen molar-refractivity contribution in [3.63, 3.8) is 0 Å². The van der Waals surface area contributed by atoms with Crippen LogP contribution in [0.1, 0.15) is 27.7 Å². The molecule has 0 atom stereocenters. The lowest BCUT2D eigenvalue weighted by atomic mass is 10.4. The van der Waals surface area contributed by atoms with Crippen molar-refractivity contribution in [2.75, 3.05) is 13.1 Å². The molecule has 0 saturated heterocycles. The molecule has 5 nitrogen and oxygen atoms in total. The Morgan fingerprint density at radius 2 is 1.79 bits per heavy atom. The van der Waals surface area contributed by atoms with Gasteiger partial charge < -0.3 is 5.73 Å². The van der Waals surface area contributed by atoms with Crippen molar-refractivity contribution in [1.82, 2.24) is 9.03 Å². The standard InChI is InChI=1S/C8H21N3O2S/c1-7(2)10-14(12,13)11(6-5-9)8(3)4/h7-8,10H,5-6,9H2,1-4H3. The fourth-order valence-corrected chi connectivity index (χ4v) is 2.78. The molecule has 0 aromatic rings. The second-order valence-corrected chi connectivity index (χ2v) is 5.43. The Labute approximate surface area is 86.8 Å². The molecule has 0 aliphatic heterocycles. The molecule has 0 aliphatic carbocycles. The van der Waals surface area contributed by atoms with E-state index in [0.29, 0.717) is 13.1 Å². The minimum atomic E-state index is -3.38. The van der Waals surface area contributed by atoms with E-state index in [2.05, 4.69) is 4.72 Å². The van der Waals surface area contributed by atoms with Crippen LogP contribution in [0.15, 0.2) is 0 Å². The van der Waals surface area contributed by atoms with Gasteiger partial charge >= 0.3 is 0 Å². The van der Waals surface area contributed by atoms with Gasteiger partial charge in [0.05, 0.1) is 0 Å². The van der Waals surface area contributed by atoms with E-state index in [1.54, 1.807) is 13.8 Å². The Morgan fingerprint density at radius 1 is 1.29 bits per heavy atom. The number of nitrogens with two attached hydrogens (primary N) is 1. The molecule has 0 heterocycles. The average Bonchev–Trinajstić information content (AvgIpc) is 1.96. The highest BCUT2D eigenvalue weighted by atomic mass is 32.2. The van der Waals surface area contributed by atoms with E-state index in [9.17, 15) is 8.42 Å². The van der Waals surface area contributed by atoms with Gasteiger partial charge in [-0.2, -0.15) is 17.4 Å². The summed E-state index contributed by atoms with van der Waals surface area (Å²) in [5.74, 6) is 0. The zero-order valence-electron chi connectivity index (χ0n) is 9.32. The minimum Gasteiger partial charge on any atom is -0.329 e. The lowest BCUT2D eigenvalue weighted by molar-refractivity contribution is 0.353. The molecule has 0 aliphatic rings. The number of nitrogens with zero attached hydrogens (tertiary/aromatic N) is 1. The summed E-state index contributed by atoms with van der Waals surface area (Å²) in [6.45, 7) is 7.92. The second kappa shape index (κ2) is 5.65. The Hall–Kier alpha value is -0.170. The monoisotopic (exact) mass is 223 g/mol. The summed E-state index contributed by atoms with van der Waals surface area (Å²) >= 11 is 0. The summed E-state index contributed by atoms with van der Waals surface area (Å²) in [4.78, 5) is 0. The number of nitrogens with one attached hydrogen (secondary N) is 1. The highest BCUT2D eigenvalue weighted by Crippen LogP contribution is 2.04. The van der Waals surface area contributed by atoms with Crippen LogP contribution < -0.4 is 10.5 Å². The third kappa shape index (κ3) is 4.36. The van der Waals surface area contributed by atoms with Crippen molar-refractivity contribution in [3.8, 4) is 0 Å². The molecule has 0 fully saturated rings. The molecule has 6 heteroatoms. The van der Waals surface area contributed by atoms with Gasteiger partial charge in [-0.15, -0.1) is 0 Å². The van der Waals surface area contributed by atoms with Gasteiger partial charge in [0.1, 0.15) is 0 Å². The first kappa shape index (κ1) is 13.8. The topological polar surface area (TPSA) is 75.4 Å². The maximum absolute atomic E-state index is 11.7. The normalized spacial score (nSPS) is 13.1. The Bertz CT molecular complexity index is 249. The van der Waals surface area contributed by atoms with E-state index >= 15 is 0 Å². The van der Waals surface area contributed by atoms with Gasteiger partial charge in [-0.3, -0.25) is 0 Å². The average molecular weight is 223 g/mol. The third-order valence-corrected chi connectivity index (χ3v) is 3.61. The van der Waals surface area contributed by atoms with Gasteiger partial charge in [0.2, 0.25) is 0 Å². The van der Waals surface area contributed by atoms with Crippen LogP contribution in [0, 0.1) is 0 Å². The number of hydrogen-bond donors (Lipinski definition) is 2. The maximum Gasteiger partial charge on any atom is 0.279 e. The number of rotatable bonds is 6. The molecule has 0 aromatic heterocycles. The molecular weight excluding hydrogens is 202 g/mol. The van der Waals surface area contributed by atoms with Gasteiger partial charge in [-0.05, 0) is 27.7 Å². The SMILES string of the molecule is CC(C)NS(=O)(=O)N(CCN)C(C)C. The van der Waals surface area contributed by atoms with E-state index < -0.39 is 10.2 Å². The fraction of sp³-hybridized carbons (Fsp3) is 1.00. The van der Waals surface area contributed by atoms with Gasteiger partial charge in [0.15, 0.2) is 0 Å². The molecule has 0 bridgehead atoms. The van der Waals surface area contributed by atoms with E-state index in [0.717, 1.165) is 0 Å². The highest BCUT2D eigenvalue weighted by Gasteiger charge is 2.24. The fourth-order valence-electron chi connectivity index (χ4n) is 1.15. The van der Waals surface area contributed by atoms with Crippen molar-refractivity contribution >= 4 is 10.2 Å². The molecule has 3 N–H and O–H groups in total. The first-order valence-corrected chi connectivity index (χ1v) is 6.24. The van der Waals surface area contributed by atoms with E-state index in [-0.39, 0.29) is 12.1 Å². The van der Waals surface area contributed by atoms with Crippen LogP contribution in [-0.4, -0.2) is 37.9 Å². The minimum absolute atomic E-state index is 0.0743. The maximum atomic E-state index is 11.7. The summed E-state index contributed by atoms with van der Waals surface area (Å²) in [6, 6.07) is -0.172. The quantitative estimate of drug-likeness (QED) is 0.660. The molecule has 0 unspecified atom stereocenters. The van der Waals surface area contributed by atoms with Crippen LogP contribution in [-0.2, 0) is 10.2 Å². The highest BCUT2D eigenvalue weighted by molar-refractivity contribution is 7.87. The van der Waals surface area contributed by atoms with Crippen molar-refractivity contribution in [3.05, 3.63) is 0 Å². The molecule has 0 radical (unpaired) electrons. The predicted octanol–water partition coefficient (Wildman–Crippen LogP) is -0.102. The van der Waals surface area contributed by atoms with Gasteiger partial charge in [-0.25, -0.2) is 0 Å². The van der Waals surface area contributed by atoms with Gasteiger partial charge in [-0.1, -0.05) is 0 Å². The van der Waals surface area contributed by atoms with Crippen molar-refractivity contribution < 1.29 is 8.42 Å². The first-order valence-electron chi connectivity index (χ1n) is 4.80. The Balaban J connectivity index is 4.63. The molecule has 0 rings (SSSR count). The summed E-state index contributed by atoms with van der Waals surface area (Å²) in [7, 11) is -3.38. The molecular formula is C8H21N3O2S. The lowest BCUT2D eigenvalue weighted by Gasteiger charge is -2.26. The Morgan fingerprint density at radius 3 is 2.07 bits per heavy atom. The second-order valence-electron chi connectivity index (χ2n) is 3.77. The zero-order chi connectivity index (χ0) is 11.4. The van der Waals surface area contributed by atoms with E-state index in [1.807, 2.05) is 13.8 Å². The van der Waals surface area contributed by atoms with Crippen molar-refractivity contribution in [1.29, 1.82) is 0 Å². The van der Waals surface area contributed by atoms with Crippen LogP contribution in [0.4, 0.5) is 0 Å². The van der Waals surface area contributed by atoms with Crippen LogP contribution in [0.3, 0.4) is 0 Å². The molecule has 0 aromatic carbocycles. The number of hydrogen-bond acceptors (Lipinski definition) is 3. The zero-order valence-corrected chi connectivity index (χ0v) is 10.1. The molecule has 14 heavy (non-hydrogen) atoms. The van der Waals surface area contributed by atoms with Crippen molar-refractivity contribution in [2.45, 2.75) is 39.8 Å². The van der Waals surface area contributed by atoms with Crippen LogP contribution in [0.2, 0.25) is 0 Å². The van der Waals surface area contributed by atoms with E-state index in [1.165, 1.54) is 4.31 Å². The smallest absolute Gasteiger partial charge is 0.279 e. The Kier molecular flexibility index (Phi) is 5.58. The summed E-state index contributed by atoms with van der Waals surface area (Å²) in [5.41, 5.74) is 5.36. The molecule has 0 saturated carbocycles. The largest absolute Gasteiger partial charge is 0.329 e. The summed E-state index contributed by atoms with van der Waals surface area (Å²) in [5, 5.41) is 0. The summed E-state index contributed by atoms with van der Waals surface area (Å²) < 4.78 is 27.4. The first-order chi connectivity index (χ1) is 6.31. The molecule has 0 amide bonds. The molecule has 86 valence electrons. The van der Waals surface area contributed by atoms with Gasteiger partial charge in [0, 0.05) is 25.2 Å². The van der Waals surface area contributed by atoms with Crippen LogP contribution >= 0.6 is 0 Å². The van der Waals surface area contributed by atoms with Crippen LogP contribution in [0.25, 0.3) is 0 Å². The van der Waals surface area contributed by atoms with Crippen molar-refractivity contribution in [2.24, 2.45) is 5.73 Å². The third-order valence-electron chi connectivity index (χ3n) is 1.62. The van der Waals surface area contributed by atoms with Crippen LogP contribution in [0.5, 0.6) is 0 Å². The van der Waals surface area contributed by atoms with Gasteiger partial charge in [0.25, 0.3) is 10.2 Å². The molecule has 0 spiro atoms. The van der Waals surface area contributed by atoms with E-state index in [4.69, 9.17) is 5.73 Å². The predicted molar refractivity (Wildman–Crippen MR) is 58.1 cm³/mol. The summed E-state index contributed by atoms with van der Waals surface area (Å²) in [6.07, 6.45) is 0. The lowest BCUT2D eigenvalue weighted by Crippen LogP contribution is -2.48.